The molecule has 0 saturated heterocycles. The molecule has 78 valence electrons. The van der Waals surface area contributed by atoms with Crippen LogP contribution in [0.2, 0.25) is 5.02 Å². The van der Waals surface area contributed by atoms with Crippen LogP contribution in [0.1, 0.15) is 12.0 Å². The van der Waals surface area contributed by atoms with Crippen molar-refractivity contribution >= 4 is 27.5 Å². The number of nitrogens with one attached hydrogen (secondary N) is 1. The van der Waals surface area contributed by atoms with E-state index in [4.69, 9.17) is 11.6 Å². The topological polar surface area (TPSA) is 12.0 Å². The molecule has 1 rings (SSSR count). The molecule has 4 heteroatoms. The predicted molar refractivity (Wildman–Crippen MR) is 61.5 cm³/mol. The quantitative estimate of drug-likeness (QED) is 0.813. The molecule has 1 N–H and O–H groups in total. The summed E-state index contributed by atoms with van der Waals surface area (Å²) in [5.74, 6) is 0. The highest BCUT2D eigenvalue weighted by Crippen LogP contribution is 2.21. The van der Waals surface area contributed by atoms with Crippen molar-refractivity contribution in [3.63, 3.8) is 0 Å². The molecule has 0 aromatic heterocycles. The summed E-state index contributed by atoms with van der Waals surface area (Å²) in [6.45, 7) is 1.16. The maximum Gasteiger partial charge on any atom is 0.0906 e. The van der Waals surface area contributed by atoms with Gasteiger partial charge in [0.2, 0.25) is 0 Å². The van der Waals surface area contributed by atoms with Crippen LogP contribution in [0.4, 0.5) is 4.39 Å². The number of alkyl halides is 1. The van der Waals surface area contributed by atoms with Gasteiger partial charge in [0, 0.05) is 16.0 Å². The van der Waals surface area contributed by atoms with Gasteiger partial charge in [-0.05, 0) is 30.7 Å². The zero-order valence-electron chi connectivity index (χ0n) is 7.69. The Bertz CT molecular complexity index is 293. The molecule has 0 amide bonds. The zero-order chi connectivity index (χ0) is 10.4. The Hall–Kier alpha value is -0.120. The lowest BCUT2D eigenvalue weighted by Gasteiger charge is -2.06. The van der Waals surface area contributed by atoms with Crippen molar-refractivity contribution in [3.8, 4) is 0 Å². The van der Waals surface area contributed by atoms with Gasteiger partial charge in [-0.1, -0.05) is 33.6 Å². The summed E-state index contributed by atoms with van der Waals surface area (Å²) in [5, 5.41) is 3.86. The van der Waals surface area contributed by atoms with Crippen molar-refractivity contribution in [2.24, 2.45) is 0 Å². The second-order valence-electron chi connectivity index (χ2n) is 2.96. The molecule has 0 saturated carbocycles. The Balaban J connectivity index is 2.42. The SMILES string of the molecule is FCCCNCc1ccc(Cl)cc1Br. The second kappa shape index (κ2) is 6.38. The van der Waals surface area contributed by atoms with Gasteiger partial charge >= 0.3 is 0 Å². The molecule has 0 unspecified atom stereocenters. The lowest BCUT2D eigenvalue weighted by molar-refractivity contribution is 0.459. The molecule has 0 aliphatic heterocycles. The average molecular weight is 281 g/mol. The van der Waals surface area contributed by atoms with Gasteiger partial charge < -0.3 is 5.32 Å². The van der Waals surface area contributed by atoms with E-state index < -0.39 is 0 Å². The summed E-state index contributed by atoms with van der Waals surface area (Å²) >= 11 is 9.22. The van der Waals surface area contributed by atoms with E-state index in [-0.39, 0.29) is 6.67 Å². The van der Waals surface area contributed by atoms with E-state index in [1.807, 2.05) is 18.2 Å². The average Bonchev–Trinajstić information content (AvgIpc) is 2.15. The molecule has 0 aliphatic carbocycles. The lowest BCUT2D eigenvalue weighted by atomic mass is 10.2. The van der Waals surface area contributed by atoms with Gasteiger partial charge in [-0.3, -0.25) is 4.39 Å². The first-order valence-corrected chi connectivity index (χ1v) is 5.61. The van der Waals surface area contributed by atoms with Crippen LogP contribution in [0, 0.1) is 0 Å². The van der Waals surface area contributed by atoms with E-state index in [0.29, 0.717) is 18.0 Å². The van der Waals surface area contributed by atoms with Crippen LogP contribution in [0.15, 0.2) is 22.7 Å². The summed E-state index contributed by atoms with van der Waals surface area (Å²) < 4.78 is 12.8. The fraction of sp³-hybridized carbons (Fsp3) is 0.400. The van der Waals surface area contributed by atoms with E-state index in [1.165, 1.54) is 0 Å². The second-order valence-corrected chi connectivity index (χ2v) is 4.25. The smallest absolute Gasteiger partial charge is 0.0906 e. The van der Waals surface area contributed by atoms with E-state index in [1.54, 1.807) is 0 Å². The Kier molecular flexibility index (Phi) is 5.45. The van der Waals surface area contributed by atoms with Crippen molar-refractivity contribution in [1.29, 1.82) is 0 Å². The van der Waals surface area contributed by atoms with Crippen LogP contribution in [0.25, 0.3) is 0 Å². The predicted octanol–water partition coefficient (Wildman–Crippen LogP) is 3.55. The van der Waals surface area contributed by atoms with E-state index >= 15 is 0 Å². The van der Waals surface area contributed by atoms with Crippen molar-refractivity contribution < 1.29 is 4.39 Å². The zero-order valence-corrected chi connectivity index (χ0v) is 10.0. The third-order valence-corrected chi connectivity index (χ3v) is 2.79. The minimum atomic E-state index is -0.269. The highest BCUT2D eigenvalue weighted by Gasteiger charge is 1.99. The van der Waals surface area contributed by atoms with Gasteiger partial charge in [0.05, 0.1) is 6.67 Å². The van der Waals surface area contributed by atoms with Crippen LogP contribution < -0.4 is 5.32 Å². The van der Waals surface area contributed by atoms with Gasteiger partial charge in [-0.15, -0.1) is 0 Å². The number of hydrogen-bond donors (Lipinski definition) is 1. The van der Waals surface area contributed by atoms with Crippen molar-refractivity contribution in [2.75, 3.05) is 13.2 Å². The van der Waals surface area contributed by atoms with Crippen LogP contribution in [-0.2, 0) is 6.54 Å². The largest absolute Gasteiger partial charge is 0.313 e. The summed E-state index contributed by atoms with van der Waals surface area (Å²) in [4.78, 5) is 0. The van der Waals surface area contributed by atoms with Crippen LogP contribution in [-0.4, -0.2) is 13.2 Å². The van der Waals surface area contributed by atoms with E-state index in [2.05, 4.69) is 21.2 Å². The van der Waals surface area contributed by atoms with Gasteiger partial charge in [-0.2, -0.15) is 0 Å². The summed E-state index contributed by atoms with van der Waals surface area (Å²) in [7, 11) is 0. The van der Waals surface area contributed by atoms with Crippen molar-refractivity contribution in [2.45, 2.75) is 13.0 Å². The van der Waals surface area contributed by atoms with E-state index in [0.717, 1.165) is 16.6 Å². The molecule has 1 aromatic carbocycles. The minimum absolute atomic E-state index is 0.269. The van der Waals surface area contributed by atoms with E-state index in [9.17, 15) is 4.39 Å². The number of benzene rings is 1. The Morgan fingerprint density at radius 1 is 1.43 bits per heavy atom. The third kappa shape index (κ3) is 3.95. The molecule has 0 bridgehead atoms. The molecule has 0 fully saturated rings. The first kappa shape index (κ1) is 12.0. The van der Waals surface area contributed by atoms with Crippen LogP contribution in [0.5, 0.6) is 0 Å². The Morgan fingerprint density at radius 2 is 2.21 bits per heavy atom. The van der Waals surface area contributed by atoms with Gasteiger partial charge in [-0.25, -0.2) is 0 Å². The van der Waals surface area contributed by atoms with Crippen LogP contribution in [0.3, 0.4) is 0 Å². The maximum absolute atomic E-state index is 11.8. The molecule has 14 heavy (non-hydrogen) atoms. The van der Waals surface area contributed by atoms with Crippen molar-refractivity contribution in [1.82, 2.24) is 5.32 Å². The summed E-state index contributed by atoms with van der Waals surface area (Å²) in [6, 6.07) is 5.65. The van der Waals surface area contributed by atoms with Crippen molar-refractivity contribution in [3.05, 3.63) is 33.3 Å². The molecular weight excluding hydrogens is 268 g/mol. The monoisotopic (exact) mass is 279 g/mol. The highest BCUT2D eigenvalue weighted by molar-refractivity contribution is 9.10. The standard InChI is InChI=1S/C10H12BrClFN/c11-10-6-9(12)3-2-8(10)7-14-5-1-4-13/h2-3,6,14H,1,4-5,7H2. The number of hydrogen-bond acceptors (Lipinski definition) is 1. The number of halogens is 3. The van der Waals surface area contributed by atoms with Gasteiger partial charge in [0.1, 0.15) is 0 Å². The third-order valence-electron chi connectivity index (χ3n) is 1.82. The highest BCUT2D eigenvalue weighted by atomic mass is 79.9. The molecule has 0 aliphatic rings. The Labute approximate surface area is 96.8 Å². The van der Waals surface area contributed by atoms with Crippen LogP contribution >= 0.6 is 27.5 Å². The lowest BCUT2D eigenvalue weighted by Crippen LogP contribution is -2.15. The fourth-order valence-corrected chi connectivity index (χ4v) is 1.90. The summed E-state index contributed by atoms with van der Waals surface area (Å²) in [5.41, 5.74) is 1.13. The molecular formula is C10H12BrClFN. The Morgan fingerprint density at radius 3 is 2.86 bits per heavy atom. The molecule has 0 atom stereocenters. The summed E-state index contributed by atoms with van der Waals surface area (Å²) in [6.07, 6.45) is 0.561. The molecule has 0 spiro atoms. The maximum atomic E-state index is 11.8. The molecule has 0 heterocycles. The normalized spacial score (nSPS) is 10.5. The number of rotatable bonds is 5. The first-order valence-electron chi connectivity index (χ1n) is 4.44. The molecule has 0 radical (unpaired) electrons. The van der Waals surface area contributed by atoms with Gasteiger partial charge in [0.15, 0.2) is 0 Å². The minimum Gasteiger partial charge on any atom is -0.313 e. The molecule has 1 aromatic rings. The molecule has 1 nitrogen and oxygen atoms in total. The first-order chi connectivity index (χ1) is 6.74. The van der Waals surface area contributed by atoms with Gasteiger partial charge in [0.25, 0.3) is 0 Å². The fourth-order valence-electron chi connectivity index (χ4n) is 1.08.